The Hall–Kier alpha value is -2.29. The molecule has 1 amide bonds. The minimum atomic E-state index is -3.13. The molecule has 0 bridgehead atoms. The zero-order valence-electron chi connectivity index (χ0n) is 13.3. The number of carbonyl (C=O) groups is 1. The average molecular weight is 352 g/mol. The van der Waals surface area contributed by atoms with Gasteiger partial charge in [-0.05, 0) is 44.5 Å². The molecule has 1 aromatic heterocycles. The number of amides is 1. The Bertz CT molecular complexity index is 892. The van der Waals surface area contributed by atoms with Crippen LogP contribution in [0.3, 0.4) is 0 Å². The molecule has 2 aromatic rings. The fraction of sp³-hybridized carbons (Fsp3) is 0.400. The smallest absolute Gasteiger partial charge is 0.291 e. The highest BCUT2D eigenvalue weighted by atomic mass is 32.2. The third kappa shape index (κ3) is 3.30. The lowest BCUT2D eigenvalue weighted by Crippen LogP contribution is -2.47. The largest absolute Gasteiger partial charge is 0.343 e. The number of rotatable bonds is 3. The van der Waals surface area contributed by atoms with Crippen LogP contribution >= 0.6 is 0 Å². The number of hydrogen-bond acceptors (Lipinski definition) is 5. The Morgan fingerprint density at radius 2 is 2.00 bits per heavy atom. The van der Waals surface area contributed by atoms with Gasteiger partial charge in [0.05, 0.1) is 22.7 Å². The van der Waals surface area contributed by atoms with E-state index >= 15 is 0 Å². The molecule has 1 N–H and O–H groups in total. The van der Waals surface area contributed by atoms with Crippen molar-refractivity contribution < 1.29 is 17.6 Å². The summed E-state index contributed by atoms with van der Waals surface area (Å²) in [4.78, 5) is 16.5. The van der Waals surface area contributed by atoms with Crippen molar-refractivity contribution in [1.29, 1.82) is 0 Å². The molecule has 1 aliphatic heterocycles. The highest BCUT2D eigenvalue weighted by Gasteiger charge is 2.40. The normalized spacial score (nSPS) is 22.5. The molecule has 1 atom stereocenters. The van der Waals surface area contributed by atoms with E-state index in [0.29, 0.717) is 17.9 Å². The number of aryl methyl sites for hydroxylation is 1. The van der Waals surface area contributed by atoms with Gasteiger partial charge in [0, 0.05) is 0 Å². The monoisotopic (exact) mass is 352 g/mol. The van der Waals surface area contributed by atoms with Crippen molar-refractivity contribution in [3.05, 3.63) is 41.7 Å². The standard InChI is InChI=1S/C15H17FN4O3S/c1-10-17-13(19-20(10)12-5-3-11(16)4-6-12)14(21)18-15(2)7-8-24(22,23)9-15/h3-6H,7-9H2,1-2H3,(H,18,21). The quantitative estimate of drug-likeness (QED) is 0.890. The number of nitrogens with one attached hydrogen (secondary N) is 1. The Morgan fingerprint density at radius 3 is 2.58 bits per heavy atom. The summed E-state index contributed by atoms with van der Waals surface area (Å²) in [7, 11) is -3.13. The van der Waals surface area contributed by atoms with Crippen LogP contribution in [0.5, 0.6) is 0 Å². The number of benzene rings is 1. The van der Waals surface area contributed by atoms with E-state index in [2.05, 4.69) is 15.4 Å². The Kier molecular flexibility index (Phi) is 3.90. The second-order valence-electron chi connectivity index (χ2n) is 6.23. The Balaban J connectivity index is 1.82. The zero-order valence-corrected chi connectivity index (χ0v) is 14.1. The first-order chi connectivity index (χ1) is 11.2. The van der Waals surface area contributed by atoms with Gasteiger partial charge >= 0.3 is 0 Å². The van der Waals surface area contributed by atoms with Gasteiger partial charge in [-0.1, -0.05) is 0 Å². The molecule has 7 nitrogen and oxygen atoms in total. The first-order valence-electron chi connectivity index (χ1n) is 7.40. The maximum atomic E-state index is 13.0. The number of hydrogen-bond donors (Lipinski definition) is 1. The highest BCUT2D eigenvalue weighted by Crippen LogP contribution is 2.23. The number of aromatic nitrogens is 3. The molecular formula is C15H17FN4O3S. The van der Waals surface area contributed by atoms with Gasteiger partial charge in [0.2, 0.25) is 5.82 Å². The van der Waals surface area contributed by atoms with Crippen LogP contribution in [0.15, 0.2) is 24.3 Å². The molecule has 1 saturated heterocycles. The minimum Gasteiger partial charge on any atom is -0.343 e. The summed E-state index contributed by atoms with van der Waals surface area (Å²) in [6.45, 7) is 3.37. The fourth-order valence-corrected chi connectivity index (χ4v) is 4.85. The van der Waals surface area contributed by atoms with Gasteiger partial charge in [0.25, 0.3) is 5.91 Å². The summed E-state index contributed by atoms with van der Waals surface area (Å²) in [6.07, 6.45) is 0.360. The molecule has 0 saturated carbocycles. The lowest BCUT2D eigenvalue weighted by atomic mass is 10.0. The van der Waals surface area contributed by atoms with E-state index < -0.39 is 21.3 Å². The molecular weight excluding hydrogens is 335 g/mol. The number of halogens is 1. The lowest BCUT2D eigenvalue weighted by Gasteiger charge is -2.22. The van der Waals surface area contributed by atoms with Crippen LogP contribution in [0.4, 0.5) is 4.39 Å². The molecule has 1 unspecified atom stereocenters. The molecule has 0 spiro atoms. The lowest BCUT2D eigenvalue weighted by molar-refractivity contribution is 0.0904. The first-order valence-corrected chi connectivity index (χ1v) is 9.22. The van der Waals surface area contributed by atoms with E-state index in [9.17, 15) is 17.6 Å². The second-order valence-corrected chi connectivity index (χ2v) is 8.41. The van der Waals surface area contributed by atoms with Gasteiger partial charge in [0.15, 0.2) is 9.84 Å². The van der Waals surface area contributed by atoms with Crippen molar-refractivity contribution in [1.82, 2.24) is 20.1 Å². The van der Waals surface area contributed by atoms with Gasteiger partial charge in [-0.15, -0.1) is 5.10 Å². The van der Waals surface area contributed by atoms with E-state index in [4.69, 9.17) is 0 Å². The minimum absolute atomic E-state index is 0.0534. The van der Waals surface area contributed by atoms with Gasteiger partial charge in [-0.2, -0.15) is 0 Å². The van der Waals surface area contributed by atoms with Crippen LogP contribution in [0.2, 0.25) is 0 Å². The van der Waals surface area contributed by atoms with Gasteiger partial charge in [0.1, 0.15) is 11.6 Å². The van der Waals surface area contributed by atoms with Gasteiger partial charge in [-0.25, -0.2) is 22.5 Å². The molecule has 1 fully saturated rings. The van der Waals surface area contributed by atoms with E-state index in [-0.39, 0.29) is 23.1 Å². The van der Waals surface area contributed by atoms with Crippen molar-refractivity contribution in [2.45, 2.75) is 25.8 Å². The Morgan fingerprint density at radius 1 is 1.33 bits per heavy atom. The van der Waals surface area contributed by atoms with Crippen molar-refractivity contribution in [3.63, 3.8) is 0 Å². The number of carbonyl (C=O) groups excluding carboxylic acids is 1. The van der Waals surface area contributed by atoms with E-state index in [1.54, 1.807) is 13.8 Å². The molecule has 2 heterocycles. The molecule has 9 heteroatoms. The van der Waals surface area contributed by atoms with Crippen molar-refractivity contribution in [2.75, 3.05) is 11.5 Å². The summed E-state index contributed by atoms with van der Waals surface area (Å²) in [5, 5.41) is 6.85. The zero-order chi connectivity index (χ0) is 17.5. The van der Waals surface area contributed by atoms with E-state index in [1.165, 1.54) is 28.9 Å². The number of sulfone groups is 1. The molecule has 1 aliphatic rings. The summed E-state index contributed by atoms with van der Waals surface area (Å²) < 4.78 is 37.7. The van der Waals surface area contributed by atoms with Crippen LogP contribution in [0, 0.1) is 12.7 Å². The topological polar surface area (TPSA) is 93.9 Å². The summed E-state index contributed by atoms with van der Waals surface area (Å²) in [6, 6.07) is 5.65. The maximum Gasteiger partial charge on any atom is 0.291 e. The molecule has 3 rings (SSSR count). The number of nitrogens with zero attached hydrogens (tertiary/aromatic N) is 3. The van der Waals surface area contributed by atoms with E-state index in [0.717, 1.165) is 0 Å². The third-order valence-corrected chi connectivity index (χ3v) is 5.86. The molecule has 128 valence electrons. The molecule has 24 heavy (non-hydrogen) atoms. The van der Waals surface area contributed by atoms with Crippen molar-refractivity contribution in [2.24, 2.45) is 0 Å². The molecule has 0 radical (unpaired) electrons. The highest BCUT2D eigenvalue weighted by molar-refractivity contribution is 7.91. The predicted octanol–water partition coefficient (Wildman–Crippen LogP) is 1.02. The van der Waals surface area contributed by atoms with Crippen LogP contribution in [-0.2, 0) is 9.84 Å². The predicted molar refractivity (Wildman–Crippen MR) is 85.2 cm³/mol. The fourth-order valence-electron chi connectivity index (χ4n) is 2.75. The van der Waals surface area contributed by atoms with Gasteiger partial charge in [-0.3, -0.25) is 4.79 Å². The maximum absolute atomic E-state index is 13.0. The van der Waals surface area contributed by atoms with Crippen LogP contribution < -0.4 is 5.32 Å². The Labute approximate surface area is 138 Å². The SMILES string of the molecule is Cc1nc(C(=O)NC2(C)CCS(=O)(=O)C2)nn1-c1ccc(F)cc1. The first kappa shape index (κ1) is 16.6. The second kappa shape index (κ2) is 5.66. The average Bonchev–Trinajstić information content (AvgIpc) is 3.00. The van der Waals surface area contributed by atoms with Crippen molar-refractivity contribution >= 4 is 15.7 Å². The third-order valence-electron chi connectivity index (χ3n) is 3.96. The van der Waals surface area contributed by atoms with Gasteiger partial charge < -0.3 is 5.32 Å². The van der Waals surface area contributed by atoms with Crippen LogP contribution in [-0.4, -0.2) is 46.1 Å². The van der Waals surface area contributed by atoms with Crippen LogP contribution in [0.25, 0.3) is 5.69 Å². The summed E-state index contributed by atoms with van der Waals surface area (Å²) >= 11 is 0. The molecule has 0 aliphatic carbocycles. The van der Waals surface area contributed by atoms with E-state index in [1.807, 2.05) is 0 Å². The summed E-state index contributed by atoms with van der Waals surface area (Å²) in [5.41, 5.74) is -0.236. The van der Waals surface area contributed by atoms with Crippen molar-refractivity contribution in [3.8, 4) is 5.69 Å². The molecule has 1 aromatic carbocycles. The van der Waals surface area contributed by atoms with Crippen LogP contribution in [0.1, 0.15) is 29.8 Å². The summed E-state index contributed by atoms with van der Waals surface area (Å²) in [5.74, 6) is -0.523.